The van der Waals surface area contributed by atoms with Crippen molar-refractivity contribution in [2.45, 2.75) is 54.6 Å². The molecule has 0 atom stereocenters. The van der Waals surface area contributed by atoms with Gasteiger partial charge in [0, 0.05) is 26.9 Å². The van der Waals surface area contributed by atoms with Crippen molar-refractivity contribution in [2.75, 3.05) is 0 Å². The van der Waals surface area contributed by atoms with Crippen LogP contribution in [-0.2, 0) is 17.9 Å². The fourth-order valence-corrected chi connectivity index (χ4v) is 1.23. The maximum absolute atomic E-state index is 9.22. The van der Waals surface area contributed by atoms with Crippen LogP contribution in [0.5, 0.6) is 0 Å². The summed E-state index contributed by atoms with van der Waals surface area (Å²) in [6, 6.07) is 21.7. The first-order valence-electron chi connectivity index (χ1n) is 9.06. The van der Waals surface area contributed by atoms with Crippen LogP contribution in [0.15, 0.2) is 60.7 Å². The smallest absolute Gasteiger partial charge is 0.214 e. The predicted octanol–water partition coefficient (Wildman–Crippen LogP) is 4.36. The predicted molar refractivity (Wildman–Crippen MR) is 118 cm³/mol. The van der Waals surface area contributed by atoms with E-state index in [9.17, 15) is 4.79 Å². The lowest BCUT2D eigenvalue weighted by molar-refractivity contribution is -0.115. The SMILES string of the molecule is CC.CC.CC#N.CC(N)=O.NCc1ccccc1.NCc1ccccc1. The Morgan fingerprint density at radius 2 is 1.00 bits per heavy atom. The number of hydrogen-bond donors (Lipinski definition) is 3. The van der Waals surface area contributed by atoms with Gasteiger partial charge in [0.1, 0.15) is 0 Å². The Balaban J connectivity index is -0.000000131. The van der Waals surface area contributed by atoms with Crippen molar-refractivity contribution in [3.8, 4) is 6.07 Å². The molecule has 0 saturated carbocycles. The van der Waals surface area contributed by atoms with Gasteiger partial charge in [-0.3, -0.25) is 4.79 Å². The van der Waals surface area contributed by atoms with Crippen LogP contribution in [0.25, 0.3) is 0 Å². The van der Waals surface area contributed by atoms with Gasteiger partial charge in [-0.15, -0.1) is 0 Å². The molecule has 5 nitrogen and oxygen atoms in total. The number of nitrogens with two attached hydrogens (primary N) is 3. The van der Waals surface area contributed by atoms with Gasteiger partial charge in [0.2, 0.25) is 5.91 Å². The Hall–Kier alpha value is -2.68. The molecule has 0 bridgehead atoms. The summed E-state index contributed by atoms with van der Waals surface area (Å²) in [5, 5.41) is 7.32. The molecule has 27 heavy (non-hydrogen) atoms. The first-order valence-corrected chi connectivity index (χ1v) is 9.06. The van der Waals surface area contributed by atoms with Crippen molar-refractivity contribution in [2.24, 2.45) is 17.2 Å². The fourth-order valence-electron chi connectivity index (χ4n) is 1.23. The number of amides is 1. The summed E-state index contributed by atoms with van der Waals surface area (Å²) >= 11 is 0. The van der Waals surface area contributed by atoms with Gasteiger partial charge in [0.15, 0.2) is 0 Å². The van der Waals surface area contributed by atoms with Crippen LogP contribution in [0.1, 0.15) is 52.7 Å². The van der Waals surface area contributed by atoms with E-state index in [1.54, 1.807) is 6.07 Å². The van der Waals surface area contributed by atoms with Gasteiger partial charge in [-0.25, -0.2) is 0 Å². The Labute approximate surface area is 166 Å². The molecule has 0 fully saturated rings. The highest BCUT2D eigenvalue weighted by molar-refractivity contribution is 5.70. The van der Waals surface area contributed by atoms with Crippen molar-refractivity contribution >= 4 is 5.91 Å². The Bertz CT molecular complexity index is 494. The number of benzene rings is 2. The molecule has 0 unspecified atom stereocenters. The molecule has 2 rings (SSSR count). The van der Waals surface area contributed by atoms with Crippen LogP contribution < -0.4 is 17.2 Å². The number of carbonyl (C=O) groups is 1. The molecule has 152 valence electrons. The Morgan fingerprint density at radius 3 is 1.11 bits per heavy atom. The maximum Gasteiger partial charge on any atom is 0.214 e. The van der Waals surface area contributed by atoms with Crippen molar-refractivity contribution in [1.29, 1.82) is 5.26 Å². The molecule has 0 aliphatic carbocycles. The third-order valence-corrected chi connectivity index (χ3v) is 2.16. The zero-order valence-corrected chi connectivity index (χ0v) is 17.8. The molecule has 0 saturated heterocycles. The van der Waals surface area contributed by atoms with E-state index < -0.39 is 0 Å². The van der Waals surface area contributed by atoms with Crippen LogP contribution in [0.2, 0.25) is 0 Å². The highest BCUT2D eigenvalue weighted by Crippen LogP contribution is 1.94. The minimum Gasteiger partial charge on any atom is -0.370 e. The van der Waals surface area contributed by atoms with Gasteiger partial charge in [-0.05, 0) is 11.1 Å². The number of carbonyl (C=O) groups excluding carboxylic acids is 1. The quantitative estimate of drug-likeness (QED) is 0.723. The molecule has 2 aromatic rings. The highest BCUT2D eigenvalue weighted by atomic mass is 16.1. The zero-order chi connectivity index (χ0) is 21.9. The van der Waals surface area contributed by atoms with Crippen molar-refractivity contribution in [3.05, 3.63) is 71.8 Å². The molecule has 0 heterocycles. The lowest BCUT2D eigenvalue weighted by Gasteiger charge is -1.90. The third kappa shape index (κ3) is 35.3. The van der Waals surface area contributed by atoms with Gasteiger partial charge in [0.05, 0.1) is 6.07 Å². The normalized spacial score (nSPS) is 7.07. The van der Waals surface area contributed by atoms with Crippen LogP contribution in [0, 0.1) is 11.3 Å². The first-order chi connectivity index (χ1) is 13.0. The molecule has 6 N–H and O–H groups in total. The van der Waals surface area contributed by atoms with Gasteiger partial charge < -0.3 is 17.2 Å². The molecule has 2 aromatic carbocycles. The minimum absolute atomic E-state index is 0.333. The van der Waals surface area contributed by atoms with Crippen molar-refractivity contribution in [3.63, 3.8) is 0 Å². The van der Waals surface area contributed by atoms with E-state index in [2.05, 4.69) is 5.73 Å². The maximum atomic E-state index is 9.22. The summed E-state index contributed by atoms with van der Waals surface area (Å²) in [6.07, 6.45) is 0. The van der Waals surface area contributed by atoms with Crippen LogP contribution in [0.4, 0.5) is 0 Å². The first kappa shape index (κ1) is 32.0. The minimum atomic E-state index is -0.333. The van der Waals surface area contributed by atoms with Gasteiger partial charge in [-0.2, -0.15) is 5.26 Å². The molecule has 0 aliphatic rings. The van der Waals surface area contributed by atoms with Gasteiger partial charge in [0.25, 0.3) is 0 Å². The second-order valence-electron chi connectivity index (χ2n) is 4.21. The third-order valence-electron chi connectivity index (χ3n) is 2.16. The zero-order valence-electron chi connectivity index (χ0n) is 17.8. The standard InChI is InChI=1S/2C7H9N.C2H5NO.C2H3N.2C2H6/c2*8-6-7-4-2-1-3-5-7;1-2(3)4;1-2-3;2*1-2/h2*1-5H,6,8H2;1H3,(H2,3,4);1H3;2*1-2H3. The molecular formula is C22H38N4O. The number of rotatable bonds is 2. The van der Waals surface area contributed by atoms with Crippen molar-refractivity contribution < 1.29 is 4.79 Å². The summed E-state index contributed by atoms with van der Waals surface area (Å²) in [5.74, 6) is -0.333. The topological polar surface area (TPSA) is 119 Å². The number of hydrogen-bond acceptors (Lipinski definition) is 4. The second kappa shape index (κ2) is 31.1. The summed E-state index contributed by atoms with van der Waals surface area (Å²) in [7, 11) is 0. The fraction of sp³-hybridized carbons (Fsp3) is 0.364. The average Bonchev–Trinajstić information content (AvgIpc) is 2.73. The summed E-state index contributed by atoms with van der Waals surface area (Å²) < 4.78 is 0. The van der Waals surface area contributed by atoms with E-state index in [1.165, 1.54) is 25.0 Å². The second-order valence-corrected chi connectivity index (χ2v) is 4.21. The molecule has 0 radical (unpaired) electrons. The monoisotopic (exact) mass is 374 g/mol. The summed E-state index contributed by atoms with van der Waals surface area (Å²) in [5.41, 5.74) is 17.5. The molecular weight excluding hydrogens is 336 g/mol. The average molecular weight is 375 g/mol. The largest absolute Gasteiger partial charge is 0.370 e. The van der Waals surface area contributed by atoms with Crippen molar-refractivity contribution in [1.82, 2.24) is 0 Å². The van der Waals surface area contributed by atoms with E-state index in [-0.39, 0.29) is 5.91 Å². The molecule has 0 spiro atoms. The van der Waals surface area contributed by atoms with E-state index in [1.807, 2.05) is 88.4 Å². The number of nitrogens with zero attached hydrogens (tertiary/aromatic N) is 1. The van der Waals surface area contributed by atoms with E-state index in [4.69, 9.17) is 16.7 Å². The van der Waals surface area contributed by atoms with Gasteiger partial charge in [-0.1, -0.05) is 88.4 Å². The highest BCUT2D eigenvalue weighted by Gasteiger charge is 1.80. The molecule has 0 aliphatic heterocycles. The van der Waals surface area contributed by atoms with Crippen LogP contribution in [-0.4, -0.2) is 5.91 Å². The summed E-state index contributed by atoms with van der Waals surface area (Å²) in [6.45, 7) is 12.0. The lowest BCUT2D eigenvalue weighted by atomic mass is 10.2. The van der Waals surface area contributed by atoms with E-state index in [0.29, 0.717) is 13.1 Å². The number of nitriles is 1. The van der Waals surface area contributed by atoms with E-state index in [0.717, 1.165) is 0 Å². The van der Waals surface area contributed by atoms with E-state index >= 15 is 0 Å². The Kier molecular flexibility index (Phi) is 36.9. The lowest BCUT2D eigenvalue weighted by Crippen LogP contribution is -2.01. The molecule has 0 aromatic heterocycles. The Morgan fingerprint density at radius 1 is 0.815 bits per heavy atom. The van der Waals surface area contributed by atoms with Crippen LogP contribution in [0.3, 0.4) is 0 Å². The van der Waals surface area contributed by atoms with Gasteiger partial charge >= 0.3 is 0 Å². The summed E-state index contributed by atoms with van der Waals surface area (Å²) in [4.78, 5) is 9.22. The number of primary amides is 1. The molecule has 5 heteroatoms. The van der Waals surface area contributed by atoms with Crippen LogP contribution >= 0.6 is 0 Å². The molecule has 1 amide bonds.